The summed E-state index contributed by atoms with van der Waals surface area (Å²) in [6.07, 6.45) is 2.51. The molecule has 1 aromatic heterocycles. The maximum atomic E-state index is 7.47. The number of likely N-dealkylation sites (tertiary alicyclic amines) is 1. The number of benzene rings is 1. The molecule has 1 aromatic carbocycles. The van der Waals surface area contributed by atoms with Gasteiger partial charge >= 0.3 is 0 Å². The van der Waals surface area contributed by atoms with Crippen LogP contribution in [0.15, 0.2) is 36.4 Å². The highest BCUT2D eigenvalue weighted by Gasteiger charge is 2.43. The smallest absolute Gasteiger partial charge is 0.179 e. The van der Waals surface area contributed by atoms with Gasteiger partial charge in [-0.05, 0) is 49.7 Å². The summed E-state index contributed by atoms with van der Waals surface area (Å²) in [7, 11) is 2.23. The second kappa shape index (κ2) is 5.93. The van der Waals surface area contributed by atoms with Gasteiger partial charge in [-0.1, -0.05) is 18.2 Å². The molecule has 2 aliphatic heterocycles. The third kappa shape index (κ3) is 2.69. The van der Waals surface area contributed by atoms with Crippen LogP contribution >= 0.6 is 11.3 Å². The zero-order valence-electron chi connectivity index (χ0n) is 13.7. The number of piperidine rings is 1. The Hall–Kier alpha value is -1.36. The van der Waals surface area contributed by atoms with E-state index >= 15 is 0 Å². The lowest BCUT2D eigenvalue weighted by Gasteiger charge is -2.39. The topological polar surface area (TPSA) is 29.4 Å². The fourth-order valence-electron chi connectivity index (χ4n) is 4.27. The SMILES string of the molecule is CN1CC2(CCN(Cc3ccc(C[OH2+])s3)CC2)c2ccccc21. The first-order valence-electron chi connectivity index (χ1n) is 8.45. The van der Waals surface area contributed by atoms with Crippen LogP contribution in [0.1, 0.15) is 28.2 Å². The van der Waals surface area contributed by atoms with Crippen LogP contribution in [-0.4, -0.2) is 36.7 Å². The normalized spacial score (nSPS) is 20.2. The molecule has 4 rings (SSSR count). The number of hydrogen-bond acceptors (Lipinski definition) is 3. The van der Waals surface area contributed by atoms with Crippen molar-refractivity contribution in [1.82, 2.24) is 4.90 Å². The number of para-hydroxylation sites is 1. The van der Waals surface area contributed by atoms with E-state index in [1.165, 1.54) is 47.9 Å². The van der Waals surface area contributed by atoms with Gasteiger partial charge in [-0.15, -0.1) is 11.3 Å². The van der Waals surface area contributed by atoms with Gasteiger partial charge in [0.2, 0.25) is 0 Å². The van der Waals surface area contributed by atoms with E-state index in [1.807, 2.05) is 0 Å². The van der Waals surface area contributed by atoms with Crippen LogP contribution < -0.4 is 4.90 Å². The molecule has 3 heterocycles. The molecule has 0 bridgehead atoms. The Labute approximate surface area is 142 Å². The minimum Gasteiger partial charge on any atom is -0.441 e. The Morgan fingerprint density at radius 2 is 1.83 bits per heavy atom. The molecule has 1 fully saturated rings. The van der Waals surface area contributed by atoms with Crippen LogP contribution in [0.5, 0.6) is 0 Å². The van der Waals surface area contributed by atoms with Crippen molar-refractivity contribution in [2.24, 2.45) is 0 Å². The van der Waals surface area contributed by atoms with Gasteiger partial charge in [-0.2, -0.15) is 0 Å². The molecule has 0 amide bonds. The van der Waals surface area contributed by atoms with E-state index in [0.29, 0.717) is 12.0 Å². The van der Waals surface area contributed by atoms with Gasteiger partial charge in [0, 0.05) is 36.1 Å². The molecular weight excluding hydrogens is 304 g/mol. The van der Waals surface area contributed by atoms with Crippen LogP contribution in [0.2, 0.25) is 0 Å². The molecule has 23 heavy (non-hydrogen) atoms. The summed E-state index contributed by atoms with van der Waals surface area (Å²) < 4.78 is 0. The summed E-state index contributed by atoms with van der Waals surface area (Å²) in [5.74, 6) is 0. The molecule has 0 saturated carbocycles. The average molecular weight is 329 g/mol. The maximum Gasteiger partial charge on any atom is 0.179 e. The molecule has 0 radical (unpaired) electrons. The summed E-state index contributed by atoms with van der Waals surface area (Å²) in [6.45, 7) is 4.99. The van der Waals surface area contributed by atoms with Crippen molar-refractivity contribution >= 4 is 17.0 Å². The Balaban J connectivity index is 1.45. The largest absolute Gasteiger partial charge is 0.441 e. The summed E-state index contributed by atoms with van der Waals surface area (Å²) >= 11 is 1.80. The van der Waals surface area contributed by atoms with E-state index in [-0.39, 0.29) is 0 Å². The van der Waals surface area contributed by atoms with Crippen molar-refractivity contribution in [1.29, 1.82) is 0 Å². The number of anilines is 1. The highest BCUT2D eigenvalue weighted by atomic mass is 32.1. The molecule has 1 saturated heterocycles. The molecule has 0 atom stereocenters. The molecule has 0 unspecified atom stereocenters. The predicted octanol–water partition coefficient (Wildman–Crippen LogP) is 2.96. The predicted molar refractivity (Wildman–Crippen MR) is 97.5 cm³/mol. The van der Waals surface area contributed by atoms with Crippen molar-refractivity contribution in [3.05, 3.63) is 51.7 Å². The van der Waals surface area contributed by atoms with E-state index in [0.717, 1.165) is 6.54 Å². The van der Waals surface area contributed by atoms with Crippen LogP contribution in [-0.2, 0) is 18.6 Å². The number of rotatable bonds is 3. The first-order chi connectivity index (χ1) is 11.2. The quantitative estimate of drug-likeness (QED) is 0.810. The average Bonchev–Trinajstić information content (AvgIpc) is 3.14. The van der Waals surface area contributed by atoms with Crippen molar-refractivity contribution in [3.8, 4) is 0 Å². The van der Waals surface area contributed by atoms with Crippen LogP contribution in [0.25, 0.3) is 0 Å². The van der Waals surface area contributed by atoms with Crippen LogP contribution in [0.4, 0.5) is 5.69 Å². The molecule has 3 nitrogen and oxygen atoms in total. The van der Waals surface area contributed by atoms with Gasteiger partial charge in [0.05, 0.1) is 4.88 Å². The van der Waals surface area contributed by atoms with Gasteiger partial charge in [-0.3, -0.25) is 4.90 Å². The molecule has 0 aliphatic carbocycles. The lowest BCUT2D eigenvalue weighted by atomic mass is 9.74. The molecule has 122 valence electrons. The molecule has 2 aliphatic rings. The van der Waals surface area contributed by atoms with E-state index in [4.69, 9.17) is 5.11 Å². The van der Waals surface area contributed by atoms with Crippen LogP contribution in [0.3, 0.4) is 0 Å². The Morgan fingerprint density at radius 1 is 1.09 bits per heavy atom. The van der Waals surface area contributed by atoms with Gasteiger partial charge in [0.1, 0.15) is 0 Å². The second-order valence-corrected chi connectivity index (χ2v) is 8.23. The summed E-state index contributed by atoms with van der Waals surface area (Å²) in [5.41, 5.74) is 3.36. The monoisotopic (exact) mass is 329 g/mol. The van der Waals surface area contributed by atoms with Gasteiger partial charge in [0.25, 0.3) is 0 Å². The fourth-order valence-corrected chi connectivity index (χ4v) is 5.20. The van der Waals surface area contributed by atoms with E-state index < -0.39 is 0 Å². The number of nitrogens with zero attached hydrogens (tertiary/aromatic N) is 2. The number of thiophene rings is 1. The zero-order chi connectivity index (χ0) is 15.9. The maximum absolute atomic E-state index is 7.47. The highest BCUT2D eigenvalue weighted by Crippen LogP contribution is 2.46. The Morgan fingerprint density at radius 3 is 2.57 bits per heavy atom. The molecule has 2 N–H and O–H groups in total. The van der Waals surface area contributed by atoms with Crippen LogP contribution in [0, 0.1) is 0 Å². The molecule has 4 heteroatoms. The summed E-state index contributed by atoms with van der Waals surface area (Å²) in [4.78, 5) is 7.61. The minimum absolute atomic E-state index is 0.365. The van der Waals surface area contributed by atoms with E-state index in [2.05, 4.69) is 53.2 Å². The first-order valence-corrected chi connectivity index (χ1v) is 9.27. The Bertz CT molecular complexity index is 688. The zero-order valence-corrected chi connectivity index (χ0v) is 14.5. The van der Waals surface area contributed by atoms with E-state index in [1.54, 1.807) is 16.9 Å². The molecular formula is C19H25N2OS+. The minimum atomic E-state index is 0.365. The van der Waals surface area contributed by atoms with Gasteiger partial charge < -0.3 is 10.0 Å². The van der Waals surface area contributed by atoms with Gasteiger partial charge in [0.15, 0.2) is 6.61 Å². The number of hydrogen-bond donors (Lipinski definition) is 0. The standard InChI is InChI=1S/C19H24N2OS/c1-20-14-19(17-4-2-3-5-18(17)20)8-10-21(11-9-19)12-15-6-7-16(13-22)23-15/h2-7,22H,8-14H2,1H3/p+1. The van der Waals surface area contributed by atoms with Crippen molar-refractivity contribution in [2.45, 2.75) is 31.4 Å². The third-order valence-corrected chi connectivity index (χ3v) is 6.58. The fraction of sp³-hybridized carbons (Fsp3) is 0.474. The third-order valence-electron chi connectivity index (χ3n) is 5.51. The lowest BCUT2D eigenvalue weighted by Crippen LogP contribution is -2.44. The second-order valence-electron chi connectivity index (χ2n) is 6.97. The highest BCUT2D eigenvalue weighted by molar-refractivity contribution is 7.11. The summed E-state index contributed by atoms with van der Waals surface area (Å²) in [6, 6.07) is 13.3. The van der Waals surface area contributed by atoms with Crippen molar-refractivity contribution in [3.63, 3.8) is 0 Å². The number of likely N-dealkylation sites (N-methyl/N-ethyl adjacent to an activating group) is 1. The summed E-state index contributed by atoms with van der Waals surface area (Å²) in [5, 5.41) is 7.47. The number of fused-ring (bicyclic) bond motifs is 2. The van der Waals surface area contributed by atoms with E-state index in [9.17, 15) is 0 Å². The van der Waals surface area contributed by atoms with Crippen molar-refractivity contribution < 1.29 is 5.11 Å². The molecule has 2 aromatic rings. The first kappa shape index (κ1) is 15.2. The molecule has 1 spiro atoms. The lowest BCUT2D eigenvalue weighted by molar-refractivity contribution is 0.161. The van der Waals surface area contributed by atoms with Crippen molar-refractivity contribution in [2.75, 3.05) is 31.6 Å². The Kier molecular flexibility index (Phi) is 3.92. The van der Waals surface area contributed by atoms with Gasteiger partial charge in [-0.25, -0.2) is 0 Å².